The molecule has 0 N–H and O–H groups in total. The van der Waals surface area contributed by atoms with Crippen LogP contribution in [-0.2, 0) is 14.9 Å². The Labute approximate surface area is 112 Å². The average molecular weight is 269 g/mol. The average Bonchev–Trinajstić information content (AvgIpc) is 2.92. The molecule has 2 rings (SSSR count). The summed E-state index contributed by atoms with van der Waals surface area (Å²) >= 11 is 6.04. The molecule has 0 heterocycles. The largest absolute Gasteiger partial charge is 0.496 e. The first-order valence-electron chi connectivity index (χ1n) is 5.81. The standard InChI is InChI=1S/C14H17ClO3/c1-13(2)8-14(13,12(16)18-4)10-7-9(15)5-6-11(10)17-3/h5-7H,8H2,1-4H3. The summed E-state index contributed by atoms with van der Waals surface area (Å²) in [4.78, 5) is 12.2. The topological polar surface area (TPSA) is 35.5 Å². The minimum atomic E-state index is -0.641. The van der Waals surface area contributed by atoms with Crippen molar-refractivity contribution in [1.29, 1.82) is 0 Å². The Hall–Kier alpha value is -1.22. The molecule has 1 aromatic carbocycles. The number of methoxy groups -OCH3 is 2. The lowest BCUT2D eigenvalue weighted by Crippen LogP contribution is -2.27. The first-order chi connectivity index (χ1) is 8.39. The number of ether oxygens (including phenoxy) is 2. The molecule has 0 saturated heterocycles. The molecule has 18 heavy (non-hydrogen) atoms. The van der Waals surface area contributed by atoms with Crippen LogP contribution in [0, 0.1) is 5.41 Å². The second kappa shape index (κ2) is 4.16. The molecule has 0 aromatic heterocycles. The number of halogens is 1. The molecule has 1 aliphatic carbocycles. The number of hydrogen-bond acceptors (Lipinski definition) is 3. The smallest absolute Gasteiger partial charge is 0.316 e. The second-order valence-corrected chi connectivity index (χ2v) is 5.74. The van der Waals surface area contributed by atoms with Gasteiger partial charge in [-0.3, -0.25) is 4.79 Å². The number of carbonyl (C=O) groups is 1. The van der Waals surface area contributed by atoms with E-state index in [0.717, 1.165) is 12.0 Å². The van der Waals surface area contributed by atoms with Crippen LogP contribution >= 0.6 is 11.6 Å². The maximum atomic E-state index is 12.2. The van der Waals surface area contributed by atoms with Crippen molar-refractivity contribution >= 4 is 17.6 Å². The predicted molar refractivity (Wildman–Crippen MR) is 70.1 cm³/mol. The molecule has 0 aliphatic heterocycles. The predicted octanol–water partition coefficient (Wildman–Crippen LogP) is 3.19. The van der Waals surface area contributed by atoms with Crippen LogP contribution in [0.1, 0.15) is 25.8 Å². The summed E-state index contributed by atoms with van der Waals surface area (Å²) in [6.07, 6.45) is 0.739. The van der Waals surface area contributed by atoms with Gasteiger partial charge in [-0.1, -0.05) is 25.4 Å². The molecular weight excluding hydrogens is 252 g/mol. The third kappa shape index (κ3) is 1.69. The van der Waals surface area contributed by atoms with E-state index in [2.05, 4.69) is 0 Å². The third-order valence-corrected chi connectivity index (χ3v) is 4.13. The Morgan fingerprint density at radius 2 is 1.94 bits per heavy atom. The minimum Gasteiger partial charge on any atom is -0.496 e. The number of esters is 1. The van der Waals surface area contributed by atoms with Crippen LogP contribution in [0.4, 0.5) is 0 Å². The van der Waals surface area contributed by atoms with Crippen LogP contribution in [-0.4, -0.2) is 20.2 Å². The lowest BCUT2D eigenvalue weighted by atomic mass is 9.87. The normalized spacial score (nSPS) is 24.5. The highest BCUT2D eigenvalue weighted by Crippen LogP contribution is 2.66. The monoisotopic (exact) mass is 268 g/mol. The van der Waals surface area contributed by atoms with Gasteiger partial charge in [-0.15, -0.1) is 0 Å². The van der Waals surface area contributed by atoms with Crippen LogP contribution in [0.15, 0.2) is 18.2 Å². The van der Waals surface area contributed by atoms with Crippen molar-refractivity contribution in [2.75, 3.05) is 14.2 Å². The molecule has 1 saturated carbocycles. The summed E-state index contributed by atoms with van der Waals surface area (Å²) in [7, 11) is 3.00. The molecular formula is C14H17ClO3. The van der Waals surface area contributed by atoms with Crippen LogP contribution in [0.2, 0.25) is 5.02 Å². The van der Waals surface area contributed by atoms with Gasteiger partial charge in [0, 0.05) is 10.6 Å². The Morgan fingerprint density at radius 1 is 1.33 bits per heavy atom. The van der Waals surface area contributed by atoms with Gasteiger partial charge < -0.3 is 9.47 Å². The van der Waals surface area contributed by atoms with Gasteiger partial charge in [0.15, 0.2) is 0 Å². The van der Waals surface area contributed by atoms with Crippen molar-refractivity contribution in [3.63, 3.8) is 0 Å². The molecule has 0 spiro atoms. The summed E-state index contributed by atoms with van der Waals surface area (Å²) in [6, 6.07) is 5.34. The summed E-state index contributed by atoms with van der Waals surface area (Å²) in [5.74, 6) is 0.448. The van der Waals surface area contributed by atoms with Gasteiger partial charge in [0.2, 0.25) is 0 Å². The van der Waals surface area contributed by atoms with Crippen molar-refractivity contribution in [2.45, 2.75) is 25.7 Å². The highest BCUT2D eigenvalue weighted by atomic mass is 35.5. The van der Waals surface area contributed by atoms with Crippen molar-refractivity contribution in [1.82, 2.24) is 0 Å². The highest BCUT2D eigenvalue weighted by molar-refractivity contribution is 6.30. The highest BCUT2D eigenvalue weighted by Gasteiger charge is 2.69. The van der Waals surface area contributed by atoms with Crippen LogP contribution in [0.5, 0.6) is 5.75 Å². The van der Waals surface area contributed by atoms with E-state index < -0.39 is 5.41 Å². The third-order valence-electron chi connectivity index (χ3n) is 3.89. The molecule has 3 nitrogen and oxygen atoms in total. The maximum absolute atomic E-state index is 12.2. The molecule has 1 fully saturated rings. The lowest BCUT2D eigenvalue weighted by molar-refractivity contribution is -0.144. The fourth-order valence-corrected chi connectivity index (χ4v) is 2.90. The van der Waals surface area contributed by atoms with Crippen molar-refractivity contribution in [2.24, 2.45) is 5.41 Å². The van der Waals surface area contributed by atoms with E-state index in [9.17, 15) is 4.79 Å². The van der Waals surface area contributed by atoms with Crippen molar-refractivity contribution < 1.29 is 14.3 Å². The minimum absolute atomic E-state index is 0.141. The fourth-order valence-electron chi connectivity index (χ4n) is 2.72. The van der Waals surface area contributed by atoms with Crippen LogP contribution < -0.4 is 4.74 Å². The van der Waals surface area contributed by atoms with E-state index in [-0.39, 0.29) is 11.4 Å². The van der Waals surface area contributed by atoms with Crippen LogP contribution in [0.3, 0.4) is 0 Å². The van der Waals surface area contributed by atoms with E-state index >= 15 is 0 Å². The van der Waals surface area contributed by atoms with Gasteiger partial charge in [-0.25, -0.2) is 0 Å². The molecule has 98 valence electrons. The molecule has 1 unspecified atom stereocenters. The van der Waals surface area contributed by atoms with Gasteiger partial charge in [0.05, 0.1) is 14.2 Å². The summed E-state index contributed by atoms with van der Waals surface area (Å²) in [5.41, 5.74) is 0.0325. The first-order valence-corrected chi connectivity index (χ1v) is 6.19. The molecule has 0 amide bonds. The fraction of sp³-hybridized carbons (Fsp3) is 0.500. The molecule has 1 aliphatic rings. The van der Waals surface area contributed by atoms with Gasteiger partial charge in [-0.05, 0) is 30.0 Å². The summed E-state index contributed by atoms with van der Waals surface area (Å²) < 4.78 is 10.3. The quantitative estimate of drug-likeness (QED) is 0.790. The molecule has 4 heteroatoms. The van der Waals surface area contributed by atoms with Gasteiger partial charge in [-0.2, -0.15) is 0 Å². The molecule has 0 radical (unpaired) electrons. The Morgan fingerprint density at radius 3 is 2.39 bits per heavy atom. The van der Waals surface area contributed by atoms with Gasteiger partial charge >= 0.3 is 5.97 Å². The van der Waals surface area contributed by atoms with E-state index in [1.54, 1.807) is 25.3 Å². The van der Waals surface area contributed by atoms with E-state index in [1.807, 2.05) is 13.8 Å². The summed E-state index contributed by atoms with van der Waals surface area (Å²) in [5, 5.41) is 0.594. The van der Waals surface area contributed by atoms with E-state index in [1.165, 1.54) is 7.11 Å². The number of hydrogen-bond donors (Lipinski definition) is 0. The Balaban J connectivity index is 2.59. The molecule has 1 atom stereocenters. The van der Waals surface area contributed by atoms with E-state index in [0.29, 0.717) is 10.8 Å². The Kier molecular flexibility index (Phi) is 3.06. The number of carbonyl (C=O) groups excluding carboxylic acids is 1. The van der Waals surface area contributed by atoms with Gasteiger partial charge in [0.25, 0.3) is 0 Å². The van der Waals surface area contributed by atoms with Gasteiger partial charge in [0.1, 0.15) is 11.2 Å². The number of rotatable bonds is 3. The zero-order chi connectivity index (χ0) is 13.6. The number of benzene rings is 1. The SMILES string of the molecule is COC(=O)C1(c2cc(Cl)ccc2OC)CC1(C)C. The van der Waals surface area contributed by atoms with Crippen LogP contribution in [0.25, 0.3) is 0 Å². The first kappa shape index (κ1) is 13.2. The second-order valence-electron chi connectivity index (χ2n) is 5.30. The zero-order valence-corrected chi connectivity index (χ0v) is 11.8. The van der Waals surface area contributed by atoms with Crippen molar-refractivity contribution in [3.8, 4) is 5.75 Å². The molecule has 0 bridgehead atoms. The maximum Gasteiger partial charge on any atom is 0.316 e. The Bertz CT molecular complexity index is 496. The zero-order valence-electron chi connectivity index (χ0n) is 11.0. The lowest BCUT2D eigenvalue weighted by Gasteiger charge is -2.21. The van der Waals surface area contributed by atoms with Crippen molar-refractivity contribution in [3.05, 3.63) is 28.8 Å². The summed E-state index contributed by atoms with van der Waals surface area (Å²) in [6.45, 7) is 4.09. The van der Waals surface area contributed by atoms with E-state index in [4.69, 9.17) is 21.1 Å². The molecule has 1 aromatic rings.